The second-order valence-electron chi connectivity index (χ2n) is 4.19. The highest BCUT2D eigenvalue weighted by molar-refractivity contribution is 5.65. The van der Waals surface area contributed by atoms with E-state index in [1.54, 1.807) is 0 Å². The molecular weight excluding hydrogens is 226 g/mol. The first-order valence-electron chi connectivity index (χ1n) is 6.22. The zero-order chi connectivity index (χ0) is 13.2. The number of benzene rings is 1. The number of carbonyl (C=O) groups excluding carboxylic acids is 1. The third-order valence-corrected chi connectivity index (χ3v) is 2.70. The van der Waals surface area contributed by atoms with Crippen molar-refractivity contribution < 1.29 is 9.53 Å². The van der Waals surface area contributed by atoms with Crippen molar-refractivity contribution in [1.29, 1.82) is 0 Å². The molecule has 0 unspecified atom stereocenters. The Morgan fingerprint density at radius 3 is 2.33 bits per heavy atom. The smallest absolute Gasteiger partial charge is 0.302 e. The van der Waals surface area contributed by atoms with Gasteiger partial charge in [-0.05, 0) is 25.5 Å². The Morgan fingerprint density at radius 1 is 1.28 bits per heavy atom. The van der Waals surface area contributed by atoms with E-state index in [0.29, 0.717) is 6.61 Å². The largest absolute Gasteiger partial charge is 0.461 e. The third-order valence-electron chi connectivity index (χ3n) is 2.70. The van der Waals surface area contributed by atoms with Crippen molar-refractivity contribution in [1.82, 2.24) is 5.32 Å². The van der Waals surface area contributed by atoms with Gasteiger partial charge in [0.25, 0.3) is 0 Å². The monoisotopic (exact) mass is 247 g/mol. The Balaban J connectivity index is 0.000000199. The Hall–Kier alpha value is -1.61. The van der Waals surface area contributed by atoms with Crippen LogP contribution < -0.4 is 5.32 Å². The van der Waals surface area contributed by atoms with Crippen LogP contribution >= 0.6 is 0 Å². The van der Waals surface area contributed by atoms with E-state index in [-0.39, 0.29) is 5.97 Å². The van der Waals surface area contributed by atoms with Crippen LogP contribution in [0, 0.1) is 0 Å². The summed E-state index contributed by atoms with van der Waals surface area (Å²) in [7, 11) is 2.01. The summed E-state index contributed by atoms with van der Waals surface area (Å²) in [5.74, 6) is -0.242. The third kappa shape index (κ3) is 6.21. The molecule has 3 heteroatoms. The molecule has 0 radical (unpaired) electrons. The summed E-state index contributed by atoms with van der Waals surface area (Å²) >= 11 is 0. The second-order valence-corrected chi connectivity index (χ2v) is 4.19. The molecule has 0 aliphatic heterocycles. The van der Waals surface area contributed by atoms with Gasteiger partial charge in [-0.3, -0.25) is 4.79 Å². The minimum absolute atomic E-state index is 0.242. The predicted molar refractivity (Wildman–Crippen MR) is 73.1 cm³/mol. The lowest BCUT2D eigenvalue weighted by Crippen LogP contribution is -2.20. The fourth-order valence-electron chi connectivity index (χ4n) is 1.61. The Bertz CT molecular complexity index is 365. The fraction of sp³-hybridized carbons (Fsp3) is 0.400. The van der Waals surface area contributed by atoms with Crippen LogP contribution in [-0.4, -0.2) is 19.1 Å². The van der Waals surface area contributed by atoms with Crippen LogP contribution in [0.25, 0.3) is 0 Å². The highest BCUT2D eigenvalue weighted by atomic mass is 16.5. The number of esters is 1. The average molecular weight is 247 g/mol. The molecule has 1 aromatic carbocycles. The lowest BCUT2D eigenvalue weighted by Gasteiger charge is -2.03. The van der Waals surface area contributed by atoms with Crippen LogP contribution in [0.1, 0.15) is 25.3 Å². The zero-order valence-electron chi connectivity index (χ0n) is 11.1. The van der Waals surface area contributed by atoms with Gasteiger partial charge in [0.1, 0.15) is 6.61 Å². The van der Waals surface area contributed by atoms with Crippen molar-refractivity contribution in [3.8, 4) is 0 Å². The molecule has 0 aromatic heterocycles. The van der Waals surface area contributed by atoms with Gasteiger partial charge in [-0.2, -0.15) is 0 Å². The maximum absolute atomic E-state index is 10.4. The summed E-state index contributed by atoms with van der Waals surface area (Å²) in [6.07, 6.45) is 6.88. The van der Waals surface area contributed by atoms with Crippen molar-refractivity contribution in [3.05, 3.63) is 48.0 Å². The van der Waals surface area contributed by atoms with E-state index in [0.717, 1.165) is 11.6 Å². The molecule has 0 spiro atoms. The molecule has 18 heavy (non-hydrogen) atoms. The molecule has 0 bridgehead atoms. The Kier molecular flexibility index (Phi) is 6.81. The summed E-state index contributed by atoms with van der Waals surface area (Å²) in [6.45, 7) is 1.78. The molecular formula is C15H21NO2. The van der Waals surface area contributed by atoms with Gasteiger partial charge in [0.2, 0.25) is 0 Å². The summed E-state index contributed by atoms with van der Waals surface area (Å²) in [6, 6.07) is 10.3. The van der Waals surface area contributed by atoms with Gasteiger partial charge in [0, 0.05) is 13.0 Å². The first-order valence-corrected chi connectivity index (χ1v) is 6.22. The summed E-state index contributed by atoms with van der Waals surface area (Å²) < 4.78 is 4.79. The predicted octanol–water partition coefficient (Wildman–Crippen LogP) is 2.67. The van der Waals surface area contributed by atoms with Gasteiger partial charge in [-0.25, -0.2) is 0 Å². The number of rotatable bonds is 3. The highest BCUT2D eigenvalue weighted by Crippen LogP contribution is 2.07. The molecule has 0 saturated heterocycles. The van der Waals surface area contributed by atoms with E-state index in [1.807, 2.05) is 37.4 Å². The molecule has 98 valence electrons. The number of ether oxygens (including phenoxy) is 1. The molecule has 3 nitrogen and oxygen atoms in total. The van der Waals surface area contributed by atoms with Crippen molar-refractivity contribution >= 4 is 5.97 Å². The van der Waals surface area contributed by atoms with Crippen LogP contribution in [0.4, 0.5) is 0 Å². The number of carbonyl (C=O) groups is 1. The molecule has 0 heterocycles. The van der Waals surface area contributed by atoms with Gasteiger partial charge < -0.3 is 10.1 Å². The molecule has 1 aliphatic carbocycles. The average Bonchev–Trinajstić information content (AvgIpc) is 2.91. The molecule has 1 N–H and O–H groups in total. The second kappa shape index (κ2) is 8.48. The van der Waals surface area contributed by atoms with Gasteiger partial charge in [-0.15, -0.1) is 0 Å². The minimum Gasteiger partial charge on any atom is -0.461 e. The maximum atomic E-state index is 10.4. The van der Waals surface area contributed by atoms with E-state index in [2.05, 4.69) is 17.5 Å². The van der Waals surface area contributed by atoms with Crippen LogP contribution in [0.15, 0.2) is 42.5 Å². The van der Waals surface area contributed by atoms with Gasteiger partial charge in [0.15, 0.2) is 0 Å². The quantitative estimate of drug-likeness (QED) is 0.659. The van der Waals surface area contributed by atoms with E-state index in [1.165, 1.54) is 19.8 Å². The Morgan fingerprint density at radius 2 is 1.89 bits per heavy atom. The fourth-order valence-corrected chi connectivity index (χ4v) is 1.61. The number of nitrogens with one attached hydrogen (secondary N) is 1. The summed E-state index contributed by atoms with van der Waals surface area (Å²) in [5, 5.41) is 3.20. The van der Waals surface area contributed by atoms with Crippen LogP contribution in [0.3, 0.4) is 0 Å². The number of hydrogen-bond donors (Lipinski definition) is 1. The van der Waals surface area contributed by atoms with Crippen LogP contribution in [-0.2, 0) is 16.1 Å². The highest BCUT2D eigenvalue weighted by Gasteiger charge is 2.04. The van der Waals surface area contributed by atoms with E-state index in [9.17, 15) is 4.79 Å². The normalized spacial score (nSPS) is 13.9. The van der Waals surface area contributed by atoms with Crippen LogP contribution in [0.2, 0.25) is 0 Å². The topological polar surface area (TPSA) is 38.3 Å². The van der Waals surface area contributed by atoms with Gasteiger partial charge >= 0.3 is 5.97 Å². The van der Waals surface area contributed by atoms with Crippen molar-refractivity contribution in [2.45, 2.75) is 32.4 Å². The lowest BCUT2D eigenvalue weighted by atomic mass is 10.2. The summed E-state index contributed by atoms with van der Waals surface area (Å²) in [4.78, 5) is 10.4. The SMILES string of the molecule is CC(=O)OCc1ccccc1.CNC1CC=CC1. The van der Waals surface area contributed by atoms with Crippen molar-refractivity contribution in [2.75, 3.05) is 7.05 Å². The van der Waals surface area contributed by atoms with Gasteiger partial charge in [-0.1, -0.05) is 42.5 Å². The number of hydrogen-bond acceptors (Lipinski definition) is 3. The Labute approximate surface area is 109 Å². The molecule has 0 saturated carbocycles. The molecule has 1 aliphatic rings. The lowest BCUT2D eigenvalue weighted by molar-refractivity contribution is -0.142. The van der Waals surface area contributed by atoms with Crippen LogP contribution in [0.5, 0.6) is 0 Å². The minimum atomic E-state index is -0.242. The molecule has 1 aromatic rings. The molecule has 0 amide bonds. The van der Waals surface area contributed by atoms with E-state index < -0.39 is 0 Å². The molecule has 0 fully saturated rings. The van der Waals surface area contributed by atoms with E-state index in [4.69, 9.17) is 4.74 Å². The first kappa shape index (κ1) is 14.5. The van der Waals surface area contributed by atoms with Crippen molar-refractivity contribution in [2.24, 2.45) is 0 Å². The standard InChI is InChI=1S/C9H10O2.C6H11N/c1-8(10)11-7-9-5-3-2-4-6-9;1-7-6-4-2-3-5-6/h2-6H,7H2,1H3;2-3,6-7H,4-5H2,1H3. The summed E-state index contributed by atoms with van der Waals surface area (Å²) in [5.41, 5.74) is 1.02. The van der Waals surface area contributed by atoms with Crippen molar-refractivity contribution in [3.63, 3.8) is 0 Å². The van der Waals surface area contributed by atoms with Gasteiger partial charge in [0.05, 0.1) is 0 Å². The zero-order valence-corrected chi connectivity index (χ0v) is 11.1. The molecule has 0 atom stereocenters. The molecule has 2 rings (SSSR count). The maximum Gasteiger partial charge on any atom is 0.302 e. The van der Waals surface area contributed by atoms with E-state index >= 15 is 0 Å². The first-order chi connectivity index (χ1) is 8.72.